The molecule has 1 fully saturated rings. The van der Waals surface area contributed by atoms with Crippen LogP contribution < -0.4 is 10.6 Å². The van der Waals surface area contributed by atoms with Crippen LogP contribution in [0.3, 0.4) is 0 Å². The fraction of sp³-hybridized carbons (Fsp3) is 0.455. The summed E-state index contributed by atoms with van der Waals surface area (Å²) in [6.45, 7) is 3.53. The Labute approximate surface area is 169 Å². The topological polar surface area (TPSA) is 67.4 Å². The van der Waals surface area contributed by atoms with Crippen molar-refractivity contribution in [2.24, 2.45) is 5.92 Å². The highest BCUT2D eigenvalue weighted by Gasteiger charge is 2.29. The Morgan fingerprint density at radius 3 is 2.75 bits per heavy atom. The lowest BCUT2D eigenvalue weighted by Gasteiger charge is -2.19. The second kappa shape index (κ2) is 8.45. The molecule has 1 saturated heterocycles. The van der Waals surface area contributed by atoms with Crippen LogP contribution in [0.5, 0.6) is 0 Å². The Morgan fingerprint density at radius 1 is 1.18 bits per heavy atom. The molecule has 0 saturated carbocycles. The van der Waals surface area contributed by atoms with Gasteiger partial charge in [0, 0.05) is 23.6 Å². The summed E-state index contributed by atoms with van der Waals surface area (Å²) in [5, 5.41) is 6.69. The number of ether oxygens (including phenoxy) is 1. The molecule has 0 bridgehead atoms. The van der Waals surface area contributed by atoms with Crippen LogP contribution in [-0.4, -0.2) is 31.1 Å². The summed E-state index contributed by atoms with van der Waals surface area (Å²) in [7, 11) is 0. The Bertz CT molecular complexity index is 856. The zero-order chi connectivity index (χ0) is 19.5. The van der Waals surface area contributed by atoms with E-state index < -0.39 is 0 Å². The highest BCUT2D eigenvalue weighted by atomic mass is 32.1. The van der Waals surface area contributed by atoms with E-state index >= 15 is 0 Å². The van der Waals surface area contributed by atoms with Crippen molar-refractivity contribution in [3.63, 3.8) is 0 Å². The second-order valence-electron chi connectivity index (χ2n) is 7.72. The lowest BCUT2D eigenvalue weighted by atomic mass is 9.88. The Kier molecular flexibility index (Phi) is 5.78. The number of fused-ring (bicyclic) bond motifs is 1. The van der Waals surface area contributed by atoms with Gasteiger partial charge in [-0.25, -0.2) is 0 Å². The minimum atomic E-state index is -0.180. The van der Waals surface area contributed by atoms with E-state index in [1.807, 2.05) is 18.2 Å². The number of carbonyl (C=O) groups is 2. The standard InChI is InChI=1S/C22H26N2O3S/c1-14-9-10-17-18(12-14)28-22(24-20(25)15-6-3-2-4-7-15)19(17)21(26)23-13-16-8-5-11-27-16/h2-4,6-7,14,16H,5,8-13H2,1H3,(H,23,26)(H,24,25)/t14-,16-/m0/s1. The zero-order valence-electron chi connectivity index (χ0n) is 16.1. The normalized spacial score (nSPS) is 21.2. The monoisotopic (exact) mass is 398 g/mol. The molecule has 2 amide bonds. The number of nitrogens with one attached hydrogen (secondary N) is 2. The van der Waals surface area contributed by atoms with Crippen molar-refractivity contribution in [1.82, 2.24) is 5.32 Å². The molecule has 1 aliphatic carbocycles. The number of hydrogen-bond acceptors (Lipinski definition) is 4. The molecule has 1 aromatic heterocycles. The number of carbonyl (C=O) groups excluding carboxylic acids is 2. The van der Waals surface area contributed by atoms with Gasteiger partial charge in [-0.2, -0.15) is 0 Å². The van der Waals surface area contributed by atoms with Gasteiger partial charge in [-0.3, -0.25) is 9.59 Å². The summed E-state index contributed by atoms with van der Waals surface area (Å²) in [6, 6.07) is 9.12. The summed E-state index contributed by atoms with van der Waals surface area (Å²) in [6.07, 6.45) is 5.05. The van der Waals surface area contributed by atoms with Gasteiger partial charge in [0.2, 0.25) is 0 Å². The molecule has 148 valence electrons. The molecular formula is C22H26N2O3S. The molecule has 6 heteroatoms. The van der Waals surface area contributed by atoms with E-state index in [4.69, 9.17) is 4.74 Å². The van der Waals surface area contributed by atoms with Crippen molar-refractivity contribution in [2.75, 3.05) is 18.5 Å². The Hall–Kier alpha value is -2.18. The van der Waals surface area contributed by atoms with Crippen molar-refractivity contribution in [3.05, 3.63) is 51.9 Å². The summed E-state index contributed by atoms with van der Waals surface area (Å²) in [5.74, 6) is 0.318. The molecule has 2 aliphatic rings. The van der Waals surface area contributed by atoms with E-state index in [9.17, 15) is 9.59 Å². The summed E-state index contributed by atoms with van der Waals surface area (Å²) < 4.78 is 5.62. The molecule has 1 aliphatic heterocycles. The van der Waals surface area contributed by atoms with Gasteiger partial charge < -0.3 is 15.4 Å². The van der Waals surface area contributed by atoms with Gasteiger partial charge in [0.25, 0.3) is 11.8 Å². The Balaban J connectivity index is 1.57. The average molecular weight is 399 g/mol. The van der Waals surface area contributed by atoms with Crippen molar-refractivity contribution in [1.29, 1.82) is 0 Å². The quantitative estimate of drug-likeness (QED) is 0.799. The van der Waals surface area contributed by atoms with E-state index in [-0.39, 0.29) is 17.9 Å². The molecule has 0 radical (unpaired) electrons. The number of amides is 2. The second-order valence-corrected chi connectivity index (χ2v) is 8.83. The highest BCUT2D eigenvalue weighted by Crippen LogP contribution is 2.39. The molecule has 4 rings (SSSR count). The van der Waals surface area contributed by atoms with E-state index in [1.165, 1.54) is 4.88 Å². The maximum Gasteiger partial charge on any atom is 0.256 e. The van der Waals surface area contributed by atoms with E-state index in [0.29, 0.717) is 28.6 Å². The smallest absolute Gasteiger partial charge is 0.256 e. The van der Waals surface area contributed by atoms with Gasteiger partial charge in [0.15, 0.2) is 0 Å². The predicted molar refractivity (Wildman–Crippen MR) is 111 cm³/mol. The summed E-state index contributed by atoms with van der Waals surface area (Å²) in [5.41, 5.74) is 2.35. The number of anilines is 1. The van der Waals surface area contributed by atoms with Gasteiger partial charge in [0.05, 0.1) is 11.7 Å². The van der Waals surface area contributed by atoms with Crippen LogP contribution >= 0.6 is 11.3 Å². The number of benzene rings is 1. The molecule has 0 spiro atoms. The predicted octanol–water partition coefficient (Wildman–Crippen LogP) is 4.03. The largest absolute Gasteiger partial charge is 0.376 e. The minimum absolute atomic E-state index is 0.0980. The highest BCUT2D eigenvalue weighted by molar-refractivity contribution is 7.17. The van der Waals surface area contributed by atoms with Crippen LogP contribution in [-0.2, 0) is 17.6 Å². The van der Waals surface area contributed by atoms with Crippen LogP contribution in [0.15, 0.2) is 30.3 Å². The van der Waals surface area contributed by atoms with Crippen molar-refractivity contribution in [3.8, 4) is 0 Å². The van der Waals surface area contributed by atoms with Crippen molar-refractivity contribution in [2.45, 2.75) is 45.1 Å². The fourth-order valence-electron chi connectivity index (χ4n) is 3.94. The van der Waals surface area contributed by atoms with Gasteiger partial charge >= 0.3 is 0 Å². The molecule has 2 heterocycles. The lowest BCUT2D eigenvalue weighted by Crippen LogP contribution is -2.33. The summed E-state index contributed by atoms with van der Waals surface area (Å²) >= 11 is 1.55. The summed E-state index contributed by atoms with van der Waals surface area (Å²) in [4.78, 5) is 26.9. The third kappa shape index (κ3) is 4.13. The van der Waals surface area contributed by atoms with Gasteiger partial charge in [0.1, 0.15) is 5.00 Å². The first-order valence-corrected chi connectivity index (χ1v) is 10.8. The van der Waals surface area contributed by atoms with Gasteiger partial charge in [-0.15, -0.1) is 11.3 Å². The maximum absolute atomic E-state index is 13.0. The molecule has 2 atom stereocenters. The molecule has 0 unspecified atom stereocenters. The average Bonchev–Trinajstić information content (AvgIpc) is 3.34. The van der Waals surface area contributed by atoms with Crippen LogP contribution in [0.2, 0.25) is 0 Å². The first kappa shape index (κ1) is 19.2. The molecule has 2 N–H and O–H groups in total. The first-order chi connectivity index (χ1) is 13.6. The number of rotatable bonds is 5. The SMILES string of the molecule is C[C@H]1CCc2c(sc(NC(=O)c3ccccc3)c2C(=O)NC[C@@H]2CCCO2)C1. The molecule has 2 aromatic rings. The molecular weight excluding hydrogens is 372 g/mol. The van der Waals surface area contributed by atoms with Crippen molar-refractivity contribution < 1.29 is 14.3 Å². The van der Waals surface area contributed by atoms with E-state index in [2.05, 4.69) is 17.6 Å². The Morgan fingerprint density at radius 2 is 2.00 bits per heavy atom. The lowest BCUT2D eigenvalue weighted by molar-refractivity contribution is 0.0857. The van der Waals surface area contributed by atoms with Crippen LogP contribution in [0, 0.1) is 5.92 Å². The molecule has 28 heavy (non-hydrogen) atoms. The number of hydrogen-bond donors (Lipinski definition) is 2. The van der Waals surface area contributed by atoms with Crippen LogP contribution in [0.25, 0.3) is 0 Å². The van der Waals surface area contributed by atoms with Gasteiger partial charge in [-0.1, -0.05) is 25.1 Å². The molecule has 5 nitrogen and oxygen atoms in total. The van der Waals surface area contributed by atoms with E-state index in [0.717, 1.165) is 44.3 Å². The van der Waals surface area contributed by atoms with Crippen LogP contribution in [0.1, 0.15) is 57.3 Å². The zero-order valence-corrected chi connectivity index (χ0v) is 16.9. The maximum atomic E-state index is 13.0. The van der Waals surface area contributed by atoms with Gasteiger partial charge in [-0.05, 0) is 55.7 Å². The first-order valence-electron chi connectivity index (χ1n) is 10.0. The third-order valence-corrected chi connectivity index (χ3v) is 6.69. The fourth-order valence-corrected chi connectivity index (χ4v) is 5.35. The minimum Gasteiger partial charge on any atom is -0.376 e. The van der Waals surface area contributed by atoms with E-state index in [1.54, 1.807) is 23.5 Å². The molecule has 1 aromatic carbocycles. The number of thiophene rings is 1. The van der Waals surface area contributed by atoms with Crippen molar-refractivity contribution >= 4 is 28.2 Å². The van der Waals surface area contributed by atoms with Crippen LogP contribution in [0.4, 0.5) is 5.00 Å². The third-order valence-electron chi connectivity index (χ3n) is 5.52.